The lowest BCUT2D eigenvalue weighted by Gasteiger charge is -2.03. The highest BCUT2D eigenvalue weighted by Crippen LogP contribution is 2.05. The Balaban J connectivity index is 2.51. The molecular formula is C11H15NOS. The molecule has 0 spiro atoms. The van der Waals surface area contributed by atoms with Crippen molar-refractivity contribution in [3.8, 4) is 0 Å². The van der Waals surface area contributed by atoms with Crippen molar-refractivity contribution in [2.45, 2.75) is 20.0 Å². The van der Waals surface area contributed by atoms with Gasteiger partial charge in [0.2, 0.25) is 0 Å². The predicted octanol–water partition coefficient (Wildman–Crippen LogP) is 2.25. The van der Waals surface area contributed by atoms with Crippen LogP contribution < -0.4 is 5.73 Å². The van der Waals surface area contributed by atoms with Gasteiger partial charge in [0.25, 0.3) is 0 Å². The zero-order chi connectivity index (χ0) is 10.4. The molecule has 2 nitrogen and oxygen atoms in total. The number of nitrogens with two attached hydrogens (primary N) is 1. The van der Waals surface area contributed by atoms with Gasteiger partial charge < -0.3 is 10.5 Å². The summed E-state index contributed by atoms with van der Waals surface area (Å²) in [5.41, 5.74) is 7.54. The maximum absolute atomic E-state index is 5.49. The van der Waals surface area contributed by atoms with Gasteiger partial charge in [0.15, 0.2) is 0 Å². The van der Waals surface area contributed by atoms with E-state index in [-0.39, 0.29) is 0 Å². The lowest BCUT2D eigenvalue weighted by molar-refractivity contribution is 0.121. The smallest absolute Gasteiger partial charge is 0.103 e. The fourth-order valence-electron chi connectivity index (χ4n) is 1.10. The van der Waals surface area contributed by atoms with E-state index in [2.05, 4.69) is 6.92 Å². The van der Waals surface area contributed by atoms with E-state index in [0.717, 1.165) is 24.2 Å². The highest BCUT2D eigenvalue weighted by Gasteiger charge is 1.96. The quantitative estimate of drug-likeness (QED) is 0.596. The minimum Gasteiger partial charge on any atom is -0.389 e. The lowest BCUT2D eigenvalue weighted by atomic mass is 10.1. The van der Waals surface area contributed by atoms with Crippen LogP contribution in [0.25, 0.3) is 0 Å². The summed E-state index contributed by atoms with van der Waals surface area (Å²) in [5.74, 6) is 0. The van der Waals surface area contributed by atoms with E-state index < -0.39 is 0 Å². The molecule has 0 fully saturated rings. The second-order valence-electron chi connectivity index (χ2n) is 3.11. The number of thiocarbonyl (C=S) groups is 1. The van der Waals surface area contributed by atoms with Crippen LogP contribution in [0.2, 0.25) is 0 Å². The van der Waals surface area contributed by atoms with E-state index in [1.165, 1.54) is 0 Å². The largest absolute Gasteiger partial charge is 0.389 e. The van der Waals surface area contributed by atoms with E-state index in [4.69, 9.17) is 22.7 Å². The van der Waals surface area contributed by atoms with Crippen molar-refractivity contribution in [2.24, 2.45) is 5.73 Å². The minimum absolute atomic E-state index is 0.436. The van der Waals surface area contributed by atoms with Crippen LogP contribution in [-0.2, 0) is 11.3 Å². The highest BCUT2D eigenvalue weighted by atomic mass is 32.1. The first-order valence-corrected chi connectivity index (χ1v) is 5.11. The van der Waals surface area contributed by atoms with Gasteiger partial charge in [0, 0.05) is 12.2 Å². The molecule has 0 aliphatic carbocycles. The van der Waals surface area contributed by atoms with E-state index in [0.29, 0.717) is 11.6 Å². The SMILES string of the molecule is CCCOCc1ccc(C(N)=S)cc1. The summed E-state index contributed by atoms with van der Waals surface area (Å²) in [5, 5.41) is 0. The molecule has 3 heteroatoms. The van der Waals surface area contributed by atoms with E-state index in [1.54, 1.807) is 0 Å². The van der Waals surface area contributed by atoms with Crippen molar-refractivity contribution < 1.29 is 4.74 Å². The predicted molar refractivity (Wildman–Crippen MR) is 62.3 cm³/mol. The number of rotatable bonds is 5. The summed E-state index contributed by atoms with van der Waals surface area (Å²) >= 11 is 4.86. The standard InChI is InChI=1S/C11H15NOS/c1-2-7-13-8-9-3-5-10(6-4-9)11(12)14/h3-6H,2,7-8H2,1H3,(H2,12,14). The molecule has 0 heterocycles. The second-order valence-corrected chi connectivity index (χ2v) is 3.55. The van der Waals surface area contributed by atoms with Gasteiger partial charge >= 0.3 is 0 Å². The van der Waals surface area contributed by atoms with E-state index >= 15 is 0 Å². The van der Waals surface area contributed by atoms with Crippen molar-refractivity contribution in [3.63, 3.8) is 0 Å². The zero-order valence-electron chi connectivity index (χ0n) is 8.32. The Labute approximate surface area is 90.1 Å². The third-order valence-corrected chi connectivity index (χ3v) is 2.09. The first-order chi connectivity index (χ1) is 6.74. The third kappa shape index (κ3) is 3.44. The molecular weight excluding hydrogens is 194 g/mol. The molecule has 0 bridgehead atoms. The first-order valence-electron chi connectivity index (χ1n) is 4.70. The number of benzene rings is 1. The number of hydrogen-bond donors (Lipinski definition) is 1. The molecule has 0 aromatic heterocycles. The monoisotopic (exact) mass is 209 g/mol. The van der Waals surface area contributed by atoms with Crippen LogP contribution in [0.1, 0.15) is 24.5 Å². The maximum atomic E-state index is 5.49. The van der Waals surface area contributed by atoms with Gasteiger partial charge in [-0.1, -0.05) is 43.4 Å². The van der Waals surface area contributed by atoms with Crippen LogP contribution in [0.4, 0.5) is 0 Å². The molecule has 2 N–H and O–H groups in total. The van der Waals surface area contributed by atoms with Crippen molar-refractivity contribution in [1.29, 1.82) is 0 Å². The Kier molecular flexibility index (Phi) is 4.56. The van der Waals surface area contributed by atoms with Gasteiger partial charge in [-0.05, 0) is 12.0 Å². The van der Waals surface area contributed by atoms with Crippen LogP contribution >= 0.6 is 12.2 Å². The van der Waals surface area contributed by atoms with Gasteiger partial charge in [-0.25, -0.2) is 0 Å². The van der Waals surface area contributed by atoms with Crippen LogP contribution in [-0.4, -0.2) is 11.6 Å². The van der Waals surface area contributed by atoms with Gasteiger partial charge in [0.1, 0.15) is 4.99 Å². The lowest BCUT2D eigenvalue weighted by Crippen LogP contribution is -2.09. The van der Waals surface area contributed by atoms with Gasteiger partial charge in [0.05, 0.1) is 6.61 Å². The molecule has 1 aromatic carbocycles. The number of ether oxygens (including phenoxy) is 1. The molecule has 0 saturated carbocycles. The minimum atomic E-state index is 0.436. The topological polar surface area (TPSA) is 35.2 Å². The summed E-state index contributed by atoms with van der Waals surface area (Å²) in [7, 11) is 0. The Hall–Kier alpha value is -0.930. The molecule has 0 aliphatic rings. The Morgan fingerprint density at radius 1 is 1.36 bits per heavy atom. The Bertz CT molecular complexity index is 295. The normalized spacial score (nSPS) is 10.1. The Morgan fingerprint density at radius 2 is 2.00 bits per heavy atom. The average molecular weight is 209 g/mol. The molecule has 0 radical (unpaired) electrons. The van der Waals surface area contributed by atoms with Crippen LogP contribution in [0.5, 0.6) is 0 Å². The highest BCUT2D eigenvalue weighted by molar-refractivity contribution is 7.80. The zero-order valence-corrected chi connectivity index (χ0v) is 9.14. The second kappa shape index (κ2) is 5.73. The fourth-order valence-corrected chi connectivity index (χ4v) is 1.24. The van der Waals surface area contributed by atoms with Crippen LogP contribution in [0, 0.1) is 0 Å². The average Bonchev–Trinajstić information content (AvgIpc) is 2.19. The molecule has 14 heavy (non-hydrogen) atoms. The molecule has 0 saturated heterocycles. The van der Waals surface area contributed by atoms with Gasteiger partial charge in [-0.3, -0.25) is 0 Å². The third-order valence-electron chi connectivity index (χ3n) is 1.86. The summed E-state index contributed by atoms with van der Waals surface area (Å²) in [6.07, 6.45) is 1.05. The van der Waals surface area contributed by atoms with E-state index in [9.17, 15) is 0 Å². The molecule has 0 amide bonds. The van der Waals surface area contributed by atoms with Crippen LogP contribution in [0.3, 0.4) is 0 Å². The number of hydrogen-bond acceptors (Lipinski definition) is 2. The van der Waals surface area contributed by atoms with Crippen molar-refractivity contribution in [3.05, 3.63) is 35.4 Å². The maximum Gasteiger partial charge on any atom is 0.103 e. The molecule has 0 atom stereocenters. The molecule has 0 unspecified atom stereocenters. The summed E-state index contributed by atoms with van der Waals surface area (Å²) in [6, 6.07) is 7.83. The molecule has 1 rings (SSSR count). The summed E-state index contributed by atoms with van der Waals surface area (Å²) in [4.78, 5) is 0.436. The molecule has 1 aromatic rings. The summed E-state index contributed by atoms with van der Waals surface area (Å²) < 4.78 is 5.41. The van der Waals surface area contributed by atoms with E-state index in [1.807, 2.05) is 24.3 Å². The van der Waals surface area contributed by atoms with Gasteiger partial charge in [-0.2, -0.15) is 0 Å². The fraction of sp³-hybridized carbons (Fsp3) is 0.364. The Morgan fingerprint density at radius 3 is 2.50 bits per heavy atom. The van der Waals surface area contributed by atoms with Crippen molar-refractivity contribution in [1.82, 2.24) is 0 Å². The van der Waals surface area contributed by atoms with Crippen LogP contribution in [0.15, 0.2) is 24.3 Å². The van der Waals surface area contributed by atoms with Gasteiger partial charge in [-0.15, -0.1) is 0 Å². The van der Waals surface area contributed by atoms with Crippen molar-refractivity contribution >= 4 is 17.2 Å². The van der Waals surface area contributed by atoms with Crippen molar-refractivity contribution in [2.75, 3.05) is 6.61 Å². The molecule has 0 aliphatic heterocycles. The summed E-state index contributed by atoms with van der Waals surface area (Å²) in [6.45, 7) is 3.55. The first kappa shape index (κ1) is 11.1. The molecule has 76 valence electrons.